The van der Waals surface area contributed by atoms with Gasteiger partial charge in [0.1, 0.15) is 5.41 Å². The fraction of sp³-hybridized carbons (Fsp3) is 0.400. The van der Waals surface area contributed by atoms with Crippen LogP contribution in [0.3, 0.4) is 0 Å². The molecule has 0 aliphatic carbocycles. The van der Waals surface area contributed by atoms with Crippen molar-refractivity contribution in [1.29, 1.82) is 0 Å². The standard InChI is InChI=1S/C10H10F3NO/c1-9(2,10(11,12)13)8(15)7-4-3-5-14-6-7/h3-6H,1-2H3. The highest BCUT2D eigenvalue weighted by Crippen LogP contribution is 2.39. The van der Waals surface area contributed by atoms with E-state index in [4.69, 9.17) is 0 Å². The van der Waals surface area contributed by atoms with Gasteiger partial charge in [-0.15, -0.1) is 0 Å². The third-order valence-corrected chi connectivity index (χ3v) is 2.20. The summed E-state index contributed by atoms with van der Waals surface area (Å²) in [5.74, 6) is -0.969. The lowest BCUT2D eigenvalue weighted by Gasteiger charge is -2.25. The van der Waals surface area contributed by atoms with E-state index < -0.39 is 17.4 Å². The summed E-state index contributed by atoms with van der Waals surface area (Å²) < 4.78 is 37.6. The van der Waals surface area contributed by atoms with Gasteiger partial charge in [-0.1, -0.05) is 0 Å². The molecule has 15 heavy (non-hydrogen) atoms. The number of ketones is 1. The van der Waals surface area contributed by atoms with Crippen molar-refractivity contribution >= 4 is 5.78 Å². The molecule has 1 aromatic rings. The second kappa shape index (κ2) is 3.64. The number of hydrogen-bond donors (Lipinski definition) is 0. The van der Waals surface area contributed by atoms with Gasteiger partial charge in [0, 0.05) is 18.0 Å². The lowest BCUT2D eigenvalue weighted by molar-refractivity contribution is -0.192. The number of hydrogen-bond acceptors (Lipinski definition) is 2. The maximum atomic E-state index is 12.5. The maximum Gasteiger partial charge on any atom is 0.401 e. The van der Waals surface area contributed by atoms with Crippen molar-refractivity contribution < 1.29 is 18.0 Å². The number of carbonyl (C=O) groups is 1. The lowest BCUT2D eigenvalue weighted by Crippen LogP contribution is -2.39. The Bertz CT molecular complexity index is 357. The Morgan fingerprint density at radius 2 is 1.93 bits per heavy atom. The van der Waals surface area contributed by atoms with Gasteiger partial charge in [-0.2, -0.15) is 13.2 Å². The average molecular weight is 217 g/mol. The summed E-state index contributed by atoms with van der Waals surface area (Å²) in [7, 11) is 0. The Morgan fingerprint density at radius 1 is 1.33 bits per heavy atom. The van der Waals surface area contributed by atoms with Gasteiger partial charge in [-0.05, 0) is 26.0 Å². The van der Waals surface area contributed by atoms with Crippen LogP contribution in [0.4, 0.5) is 13.2 Å². The average Bonchev–Trinajstić information content (AvgIpc) is 2.16. The predicted octanol–water partition coefficient (Wildman–Crippen LogP) is 2.85. The van der Waals surface area contributed by atoms with E-state index in [0.29, 0.717) is 0 Å². The monoisotopic (exact) mass is 217 g/mol. The number of rotatable bonds is 2. The molecule has 0 aliphatic rings. The fourth-order valence-corrected chi connectivity index (χ4v) is 0.987. The van der Waals surface area contributed by atoms with E-state index in [0.717, 1.165) is 20.0 Å². The van der Waals surface area contributed by atoms with Gasteiger partial charge >= 0.3 is 6.18 Å². The Hall–Kier alpha value is -1.39. The van der Waals surface area contributed by atoms with Crippen molar-refractivity contribution in [3.63, 3.8) is 0 Å². The largest absolute Gasteiger partial charge is 0.401 e. The first-order valence-electron chi connectivity index (χ1n) is 4.28. The van der Waals surface area contributed by atoms with Gasteiger partial charge in [0.25, 0.3) is 0 Å². The van der Waals surface area contributed by atoms with E-state index in [1.54, 1.807) is 0 Å². The molecule has 1 heterocycles. The fourth-order valence-electron chi connectivity index (χ4n) is 0.987. The highest BCUT2D eigenvalue weighted by atomic mass is 19.4. The summed E-state index contributed by atoms with van der Waals surface area (Å²) in [6.45, 7) is 1.73. The van der Waals surface area contributed by atoms with Crippen LogP contribution in [0.1, 0.15) is 24.2 Å². The molecule has 0 saturated heterocycles. The first-order chi connectivity index (χ1) is 6.77. The van der Waals surface area contributed by atoms with Crippen LogP contribution >= 0.6 is 0 Å². The maximum absolute atomic E-state index is 12.5. The Morgan fingerprint density at radius 3 is 2.33 bits per heavy atom. The normalized spacial score (nSPS) is 12.6. The number of carbonyl (C=O) groups excluding carboxylic acids is 1. The molecule has 0 radical (unpaired) electrons. The lowest BCUT2D eigenvalue weighted by atomic mass is 9.84. The van der Waals surface area contributed by atoms with Crippen molar-refractivity contribution in [3.05, 3.63) is 30.1 Å². The molecule has 5 heteroatoms. The van der Waals surface area contributed by atoms with Crippen LogP contribution in [0.15, 0.2) is 24.5 Å². The minimum absolute atomic E-state index is 0.0279. The predicted molar refractivity (Wildman–Crippen MR) is 48.4 cm³/mol. The second-order valence-electron chi connectivity index (χ2n) is 3.69. The summed E-state index contributed by atoms with van der Waals surface area (Å²) >= 11 is 0. The van der Waals surface area contributed by atoms with Gasteiger partial charge in [0.15, 0.2) is 5.78 Å². The molecule has 0 unspecified atom stereocenters. The number of Topliss-reactive ketones (excluding diaryl/α,β-unsaturated/α-hetero) is 1. The molecule has 0 amide bonds. The van der Waals surface area contributed by atoms with Gasteiger partial charge in [0.2, 0.25) is 0 Å². The van der Waals surface area contributed by atoms with Crippen LogP contribution in [0.2, 0.25) is 0 Å². The molecule has 0 aromatic carbocycles. The Labute approximate surface area is 85.1 Å². The smallest absolute Gasteiger partial charge is 0.293 e. The quantitative estimate of drug-likeness (QED) is 0.713. The van der Waals surface area contributed by atoms with E-state index in [9.17, 15) is 18.0 Å². The molecule has 1 aromatic heterocycles. The van der Waals surface area contributed by atoms with Gasteiger partial charge < -0.3 is 0 Å². The van der Waals surface area contributed by atoms with Gasteiger partial charge in [-0.25, -0.2) is 0 Å². The molecular formula is C10H10F3NO. The highest BCUT2D eigenvalue weighted by molar-refractivity contribution is 6.00. The summed E-state index contributed by atoms with van der Waals surface area (Å²) in [6, 6.07) is 2.75. The molecular weight excluding hydrogens is 207 g/mol. The highest BCUT2D eigenvalue weighted by Gasteiger charge is 2.52. The van der Waals surface area contributed by atoms with Crippen LogP contribution in [0.25, 0.3) is 0 Å². The summed E-state index contributed by atoms with van der Waals surface area (Å²) in [5, 5.41) is 0. The Balaban J connectivity index is 3.06. The molecule has 1 rings (SSSR count). The molecule has 82 valence electrons. The molecule has 2 nitrogen and oxygen atoms in total. The zero-order valence-corrected chi connectivity index (χ0v) is 8.30. The zero-order valence-electron chi connectivity index (χ0n) is 8.30. The van der Waals surface area contributed by atoms with Crippen LogP contribution in [-0.4, -0.2) is 16.9 Å². The summed E-state index contributed by atoms with van der Waals surface area (Å²) in [5.41, 5.74) is -2.41. The first kappa shape index (κ1) is 11.7. The number of alkyl halides is 3. The first-order valence-corrected chi connectivity index (χ1v) is 4.28. The molecule has 0 spiro atoms. The molecule has 0 N–H and O–H groups in total. The van der Waals surface area contributed by atoms with Crippen molar-refractivity contribution in [1.82, 2.24) is 4.98 Å². The third kappa shape index (κ3) is 2.16. The van der Waals surface area contributed by atoms with Crippen LogP contribution < -0.4 is 0 Å². The zero-order chi connectivity index (χ0) is 11.7. The van der Waals surface area contributed by atoms with E-state index in [1.165, 1.54) is 18.3 Å². The van der Waals surface area contributed by atoms with Crippen molar-refractivity contribution in [2.45, 2.75) is 20.0 Å². The molecule has 0 fully saturated rings. The van der Waals surface area contributed by atoms with Gasteiger partial charge in [0.05, 0.1) is 0 Å². The molecule has 0 bridgehead atoms. The van der Waals surface area contributed by atoms with E-state index in [2.05, 4.69) is 4.98 Å². The third-order valence-electron chi connectivity index (χ3n) is 2.20. The van der Waals surface area contributed by atoms with Crippen LogP contribution in [0, 0.1) is 5.41 Å². The minimum atomic E-state index is -4.56. The minimum Gasteiger partial charge on any atom is -0.293 e. The molecule has 0 atom stereocenters. The number of nitrogens with zero attached hydrogens (tertiary/aromatic N) is 1. The molecule has 0 aliphatic heterocycles. The van der Waals surface area contributed by atoms with E-state index in [1.807, 2.05) is 0 Å². The molecule has 0 saturated carbocycles. The Kier molecular flexibility index (Phi) is 2.83. The number of aromatic nitrogens is 1. The SMILES string of the molecule is CC(C)(C(=O)c1cccnc1)C(F)(F)F. The summed E-state index contributed by atoms with van der Waals surface area (Å²) in [6.07, 6.45) is -2.02. The van der Waals surface area contributed by atoms with Crippen molar-refractivity contribution in [2.24, 2.45) is 5.41 Å². The topological polar surface area (TPSA) is 30.0 Å². The van der Waals surface area contributed by atoms with Crippen LogP contribution in [0.5, 0.6) is 0 Å². The van der Waals surface area contributed by atoms with E-state index in [-0.39, 0.29) is 5.56 Å². The number of halogens is 3. The van der Waals surface area contributed by atoms with Crippen molar-refractivity contribution in [2.75, 3.05) is 0 Å². The van der Waals surface area contributed by atoms with Crippen LogP contribution in [-0.2, 0) is 0 Å². The number of pyridine rings is 1. The van der Waals surface area contributed by atoms with E-state index >= 15 is 0 Å². The second-order valence-corrected chi connectivity index (χ2v) is 3.69. The van der Waals surface area contributed by atoms with Crippen molar-refractivity contribution in [3.8, 4) is 0 Å². The van der Waals surface area contributed by atoms with Gasteiger partial charge in [-0.3, -0.25) is 9.78 Å². The summed E-state index contributed by atoms with van der Waals surface area (Å²) in [4.78, 5) is 15.2.